The molecular weight excluding hydrogens is 364 g/mol. The third kappa shape index (κ3) is 3.99. The van der Waals surface area contributed by atoms with Crippen LogP contribution >= 0.6 is 0 Å². The van der Waals surface area contributed by atoms with Gasteiger partial charge in [0.15, 0.2) is 0 Å². The molecular formula is C24H22N2O3. The molecule has 0 spiro atoms. The molecule has 4 rings (SSSR count). The van der Waals surface area contributed by atoms with Gasteiger partial charge in [0.25, 0.3) is 5.56 Å². The van der Waals surface area contributed by atoms with Gasteiger partial charge in [0.2, 0.25) is 0 Å². The predicted molar refractivity (Wildman–Crippen MR) is 115 cm³/mol. The van der Waals surface area contributed by atoms with Gasteiger partial charge in [-0.1, -0.05) is 60.2 Å². The fourth-order valence-electron chi connectivity index (χ4n) is 3.38. The molecule has 0 unspecified atom stereocenters. The molecule has 1 heterocycles. The Labute approximate surface area is 168 Å². The van der Waals surface area contributed by atoms with Crippen LogP contribution in [0.25, 0.3) is 10.9 Å². The Kier molecular flexibility index (Phi) is 5.29. The number of ether oxygens (including phenoxy) is 1. The van der Waals surface area contributed by atoms with E-state index in [9.17, 15) is 9.59 Å². The topological polar surface area (TPSA) is 53.2 Å². The molecule has 0 bridgehead atoms. The van der Waals surface area contributed by atoms with Gasteiger partial charge in [-0.3, -0.25) is 13.9 Å². The maximum atomic E-state index is 13.2. The predicted octanol–water partition coefficient (Wildman–Crippen LogP) is 3.60. The van der Waals surface area contributed by atoms with E-state index in [2.05, 4.69) is 0 Å². The van der Waals surface area contributed by atoms with E-state index >= 15 is 0 Å². The summed E-state index contributed by atoms with van der Waals surface area (Å²) in [5.41, 5.74) is 2.09. The van der Waals surface area contributed by atoms with Crippen LogP contribution in [0.1, 0.15) is 11.1 Å². The molecule has 1 aromatic heterocycles. The minimum Gasteiger partial charge on any atom is -0.492 e. The van der Waals surface area contributed by atoms with Gasteiger partial charge in [-0.15, -0.1) is 0 Å². The average molecular weight is 386 g/mol. The Balaban J connectivity index is 1.69. The summed E-state index contributed by atoms with van der Waals surface area (Å²) < 4.78 is 8.72. The van der Waals surface area contributed by atoms with E-state index in [4.69, 9.17) is 4.74 Å². The molecule has 0 fully saturated rings. The number of rotatable bonds is 6. The summed E-state index contributed by atoms with van der Waals surface area (Å²) in [6, 6.07) is 24.5. The number of nitrogens with zero attached hydrogens (tertiary/aromatic N) is 2. The summed E-state index contributed by atoms with van der Waals surface area (Å²) in [5, 5.41) is 0.526. The van der Waals surface area contributed by atoms with Crippen molar-refractivity contribution in [3.8, 4) is 5.75 Å². The van der Waals surface area contributed by atoms with E-state index < -0.39 is 0 Å². The molecule has 0 aliphatic heterocycles. The monoisotopic (exact) mass is 386 g/mol. The number of fused-ring (bicyclic) bond motifs is 1. The molecule has 0 saturated heterocycles. The molecule has 0 radical (unpaired) electrons. The minimum atomic E-state index is -0.329. The van der Waals surface area contributed by atoms with Crippen LogP contribution in [0.4, 0.5) is 0 Å². The van der Waals surface area contributed by atoms with Crippen molar-refractivity contribution in [3.05, 3.63) is 111 Å². The summed E-state index contributed by atoms with van der Waals surface area (Å²) in [5.74, 6) is 0.755. The first-order chi connectivity index (χ1) is 14.1. The Morgan fingerprint density at radius 3 is 2.24 bits per heavy atom. The van der Waals surface area contributed by atoms with Crippen molar-refractivity contribution in [1.82, 2.24) is 9.13 Å². The van der Waals surface area contributed by atoms with Crippen LogP contribution in [0.5, 0.6) is 5.75 Å². The van der Waals surface area contributed by atoms with Crippen LogP contribution in [0.2, 0.25) is 0 Å². The first kappa shape index (κ1) is 18.7. The van der Waals surface area contributed by atoms with E-state index in [-0.39, 0.29) is 17.8 Å². The highest BCUT2D eigenvalue weighted by atomic mass is 16.5. The zero-order valence-electron chi connectivity index (χ0n) is 16.2. The van der Waals surface area contributed by atoms with Crippen molar-refractivity contribution < 1.29 is 4.74 Å². The van der Waals surface area contributed by atoms with Gasteiger partial charge < -0.3 is 4.74 Å². The van der Waals surface area contributed by atoms with E-state index in [1.54, 1.807) is 16.7 Å². The molecule has 0 amide bonds. The summed E-state index contributed by atoms with van der Waals surface area (Å²) in [4.78, 5) is 26.1. The van der Waals surface area contributed by atoms with E-state index in [1.807, 2.05) is 73.7 Å². The molecule has 0 saturated carbocycles. The highest BCUT2D eigenvalue weighted by molar-refractivity contribution is 5.77. The fourth-order valence-corrected chi connectivity index (χ4v) is 3.38. The molecule has 0 aliphatic carbocycles. The van der Waals surface area contributed by atoms with Crippen LogP contribution in [0, 0.1) is 6.92 Å². The maximum Gasteiger partial charge on any atom is 0.331 e. The number of aromatic nitrogens is 2. The maximum absolute atomic E-state index is 13.2. The molecule has 4 aromatic rings. The zero-order valence-corrected chi connectivity index (χ0v) is 16.2. The van der Waals surface area contributed by atoms with Crippen LogP contribution in [0.15, 0.2) is 88.5 Å². The summed E-state index contributed by atoms with van der Waals surface area (Å²) in [6.45, 7) is 2.94. The fraction of sp³-hybridized carbons (Fsp3) is 0.167. The third-order valence-electron chi connectivity index (χ3n) is 4.92. The van der Waals surface area contributed by atoms with Crippen LogP contribution in [0.3, 0.4) is 0 Å². The number of aryl methyl sites for hydroxylation is 1. The van der Waals surface area contributed by atoms with Gasteiger partial charge in [-0.25, -0.2) is 4.79 Å². The Hall–Kier alpha value is -3.60. The lowest BCUT2D eigenvalue weighted by molar-refractivity contribution is 0.296. The Morgan fingerprint density at radius 1 is 0.793 bits per heavy atom. The zero-order chi connectivity index (χ0) is 20.2. The molecule has 5 nitrogen and oxygen atoms in total. The second-order valence-electron chi connectivity index (χ2n) is 6.99. The number of hydrogen-bond donors (Lipinski definition) is 0. The lowest BCUT2D eigenvalue weighted by Crippen LogP contribution is -2.41. The van der Waals surface area contributed by atoms with Gasteiger partial charge in [-0.05, 0) is 36.8 Å². The van der Waals surface area contributed by atoms with E-state index in [1.165, 1.54) is 4.57 Å². The second kappa shape index (κ2) is 8.19. The number of hydrogen-bond acceptors (Lipinski definition) is 3. The second-order valence-corrected chi connectivity index (χ2v) is 6.99. The van der Waals surface area contributed by atoms with Gasteiger partial charge >= 0.3 is 5.69 Å². The highest BCUT2D eigenvalue weighted by Gasteiger charge is 2.13. The van der Waals surface area contributed by atoms with Crippen molar-refractivity contribution in [1.29, 1.82) is 0 Å². The standard InChI is InChI=1S/C24H22N2O3/c1-18-11-13-20(14-12-18)29-16-15-25-22-10-6-5-9-21(22)23(27)26(24(25)28)17-19-7-3-2-4-8-19/h2-14H,15-17H2,1H3. The van der Waals surface area contributed by atoms with Gasteiger partial charge in [0.1, 0.15) is 12.4 Å². The first-order valence-electron chi connectivity index (χ1n) is 9.59. The quantitative estimate of drug-likeness (QED) is 0.509. The van der Waals surface area contributed by atoms with Crippen LogP contribution in [-0.4, -0.2) is 15.7 Å². The lowest BCUT2D eigenvalue weighted by atomic mass is 10.2. The average Bonchev–Trinajstić information content (AvgIpc) is 2.75. The summed E-state index contributed by atoms with van der Waals surface area (Å²) in [6.07, 6.45) is 0. The van der Waals surface area contributed by atoms with Gasteiger partial charge in [-0.2, -0.15) is 0 Å². The molecule has 5 heteroatoms. The van der Waals surface area contributed by atoms with Gasteiger partial charge in [0, 0.05) is 0 Å². The Morgan fingerprint density at radius 2 is 1.48 bits per heavy atom. The molecule has 0 N–H and O–H groups in total. The van der Waals surface area contributed by atoms with Gasteiger partial charge in [0.05, 0.1) is 24.0 Å². The van der Waals surface area contributed by atoms with Crippen molar-refractivity contribution in [3.63, 3.8) is 0 Å². The number of para-hydroxylation sites is 1. The summed E-state index contributed by atoms with van der Waals surface area (Å²) in [7, 11) is 0. The largest absolute Gasteiger partial charge is 0.492 e. The highest BCUT2D eigenvalue weighted by Crippen LogP contribution is 2.12. The lowest BCUT2D eigenvalue weighted by Gasteiger charge is -2.15. The molecule has 146 valence electrons. The van der Waals surface area contributed by atoms with Crippen LogP contribution in [-0.2, 0) is 13.1 Å². The summed E-state index contributed by atoms with van der Waals surface area (Å²) >= 11 is 0. The third-order valence-corrected chi connectivity index (χ3v) is 4.92. The Bertz CT molecular complexity index is 1240. The first-order valence-corrected chi connectivity index (χ1v) is 9.59. The SMILES string of the molecule is Cc1ccc(OCCn2c(=O)n(Cc3ccccc3)c(=O)c3ccccc32)cc1. The molecule has 0 atom stereocenters. The molecule has 3 aromatic carbocycles. The molecule has 29 heavy (non-hydrogen) atoms. The van der Waals surface area contributed by atoms with Crippen molar-refractivity contribution in [2.45, 2.75) is 20.0 Å². The normalized spacial score (nSPS) is 10.9. The van der Waals surface area contributed by atoms with Crippen molar-refractivity contribution in [2.75, 3.05) is 6.61 Å². The molecule has 0 aliphatic rings. The number of benzene rings is 3. The van der Waals surface area contributed by atoms with E-state index in [0.29, 0.717) is 24.1 Å². The van der Waals surface area contributed by atoms with Crippen molar-refractivity contribution in [2.24, 2.45) is 0 Å². The van der Waals surface area contributed by atoms with Crippen LogP contribution < -0.4 is 16.0 Å². The van der Waals surface area contributed by atoms with E-state index in [0.717, 1.165) is 16.9 Å². The van der Waals surface area contributed by atoms with Crippen molar-refractivity contribution >= 4 is 10.9 Å². The minimum absolute atomic E-state index is 0.238. The smallest absolute Gasteiger partial charge is 0.331 e.